The van der Waals surface area contributed by atoms with E-state index in [2.05, 4.69) is 5.32 Å². The quantitative estimate of drug-likeness (QED) is 0.548. The van der Waals surface area contributed by atoms with Crippen LogP contribution in [-0.2, 0) is 0 Å². The van der Waals surface area contributed by atoms with Gasteiger partial charge in [-0.15, -0.1) is 0 Å². The molecule has 0 aliphatic rings. The summed E-state index contributed by atoms with van der Waals surface area (Å²) in [5.41, 5.74) is 7.33. The van der Waals surface area contributed by atoms with Crippen molar-refractivity contribution in [3.8, 4) is 0 Å². The van der Waals surface area contributed by atoms with Crippen LogP contribution < -0.4 is 11.1 Å². The monoisotopic (exact) mass is 210 g/mol. The number of aromatic carboxylic acids is 1. The summed E-state index contributed by atoms with van der Waals surface area (Å²) < 4.78 is 0. The lowest BCUT2D eigenvalue weighted by Gasteiger charge is -2.10. The average Bonchev–Trinajstić information content (AvgIpc) is 2.19. The highest BCUT2D eigenvalue weighted by molar-refractivity contribution is 5.95. The average molecular weight is 210 g/mol. The largest absolute Gasteiger partial charge is 0.478 e. The molecule has 0 aliphatic carbocycles. The van der Waals surface area contributed by atoms with Crippen LogP contribution in [0.3, 0.4) is 0 Å². The predicted octanol–water partition coefficient (Wildman–Crippen LogP) is 0.680. The highest BCUT2D eigenvalue weighted by Crippen LogP contribution is 2.22. The van der Waals surface area contributed by atoms with Crippen LogP contribution in [0.1, 0.15) is 15.9 Å². The maximum Gasteiger partial charge on any atom is 0.337 e. The van der Waals surface area contributed by atoms with E-state index < -0.39 is 5.97 Å². The Morgan fingerprint density at radius 3 is 2.73 bits per heavy atom. The van der Waals surface area contributed by atoms with E-state index in [-0.39, 0.29) is 17.9 Å². The molecular weight excluding hydrogens is 196 g/mol. The molecule has 0 amide bonds. The molecule has 0 heterocycles. The number of nitrogens with one attached hydrogen (secondary N) is 1. The minimum atomic E-state index is -1.05. The number of nitrogen functional groups attached to an aromatic ring is 1. The van der Waals surface area contributed by atoms with Crippen molar-refractivity contribution >= 4 is 17.3 Å². The third kappa shape index (κ3) is 2.60. The standard InChI is InChI=1S/C10H14N2O3/c1-6-4-7(12-2-3-13)5-8(9(6)11)10(14)15/h4-5,12-13H,2-3,11H2,1H3,(H,14,15). The van der Waals surface area contributed by atoms with E-state index in [1.165, 1.54) is 6.07 Å². The molecule has 0 aromatic heterocycles. The van der Waals surface area contributed by atoms with Crippen molar-refractivity contribution in [2.75, 3.05) is 24.2 Å². The molecule has 1 aromatic carbocycles. The Balaban J connectivity index is 3.06. The Bertz CT molecular complexity index is 377. The first-order chi connectivity index (χ1) is 7.06. The van der Waals surface area contributed by atoms with E-state index in [1.807, 2.05) is 0 Å². The van der Waals surface area contributed by atoms with Gasteiger partial charge in [-0.1, -0.05) is 0 Å². The Labute approximate surface area is 87.5 Å². The molecule has 0 saturated heterocycles. The molecule has 0 saturated carbocycles. The summed E-state index contributed by atoms with van der Waals surface area (Å²) in [6, 6.07) is 3.21. The summed E-state index contributed by atoms with van der Waals surface area (Å²) in [6.45, 7) is 2.11. The van der Waals surface area contributed by atoms with Crippen LogP contribution in [0, 0.1) is 6.92 Å². The van der Waals surface area contributed by atoms with Gasteiger partial charge in [0, 0.05) is 17.9 Å². The number of nitrogens with two attached hydrogens (primary N) is 1. The lowest BCUT2D eigenvalue weighted by Crippen LogP contribution is -2.09. The van der Waals surface area contributed by atoms with Crippen molar-refractivity contribution in [3.63, 3.8) is 0 Å². The van der Waals surface area contributed by atoms with E-state index in [0.29, 0.717) is 17.8 Å². The summed E-state index contributed by atoms with van der Waals surface area (Å²) in [5, 5.41) is 20.4. The van der Waals surface area contributed by atoms with Crippen molar-refractivity contribution in [1.29, 1.82) is 0 Å². The number of aliphatic hydroxyl groups is 1. The molecule has 0 radical (unpaired) electrons. The number of aliphatic hydroxyl groups excluding tert-OH is 1. The Morgan fingerprint density at radius 1 is 1.53 bits per heavy atom. The van der Waals surface area contributed by atoms with Gasteiger partial charge < -0.3 is 21.3 Å². The Morgan fingerprint density at radius 2 is 2.20 bits per heavy atom. The summed E-state index contributed by atoms with van der Waals surface area (Å²) >= 11 is 0. The SMILES string of the molecule is Cc1cc(NCCO)cc(C(=O)O)c1N. The maximum atomic E-state index is 10.8. The van der Waals surface area contributed by atoms with Crippen LogP contribution >= 0.6 is 0 Å². The maximum absolute atomic E-state index is 10.8. The van der Waals surface area contributed by atoms with Crippen molar-refractivity contribution < 1.29 is 15.0 Å². The van der Waals surface area contributed by atoms with Crippen molar-refractivity contribution in [2.45, 2.75) is 6.92 Å². The molecule has 82 valence electrons. The second-order valence-corrected chi connectivity index (χ2v) is 3.21. The summed E-state index contributed by atoms with van der Waals surface area (Å²) in [7, 11) is 0. The Hall–Kier alpha value is -1.75. The number of rotatable bonds is 4. The van der Waals surface area contributed by atoms with Gasteiger partial charge in [0.1, 0.15) is 0 Å². The van der Waals surface area contributed by atoms with E-state index in [1.54, 1.807) is 13.0 Å². The lowest BCUT2D eigenvalue weighted by atomic mass is 10.1. The molecule has 1 rings (SSSR count). The van der Waals surface area contributed by atoms with Gasteiger partial charge in [0.15, 0.2) is 0 Å². The number of aryl methyl sites for hydroxylation is 1. The number of benzene rings is 1. The minimum Gasteiger partial charge on any atom is -0.478 e. The van der Waals surface area contributed by atoms with Gasteiger partial charge in [0.05, 0.1) is 12.2 Å². The van der Waals surface area contributed by atoms with Gasteiger partial charge in [-0.3, -0.25) is 0 Å². The fraction of sp³-hybridized carbons (Fsp3) is 0.300. The smallest absolute Gasteiger partial charge is 0.337 e. The topological polar surface area (TPSA) is 95.6 Å². The third-order valence-electron chi connectivity index (χ3n) is 2.06. The number of hydrogen-bond donors (Lipinski definition) is 4. The van der Waals surface area contributed by atoms with E-state index >= 15 is 0 Å². The van der Waals surface area contributed by atoms with Gasteiger partial charge in [-0.2, -0.15) is 0 Å². The summed E-state index contributed by atoms with van der Waals surface area (Å²) in [4.78, 5) is 10.8. The second-order valence-electron chi connectivity index (χ2n) is 3.21. The molecule has 0 bridgehead atoms. The highest BCUT2D eigenvalue weighted by Gasteiger charge is 2.11. The van der Waals surface area contributed by atoms with Crippen LogP contribution in [0.15, 0.2) is 12.1 Å². The number of carboxylic acids is 1. The van der Waals surface area contributed by atoms with Crippen LogP contribution in [0.25, 0.3) is 0 Å². The number of anilines is 2. The fourth-order valence-corrected chi connectivity index (χ4v) is 1.28. The van der Waals surface area contributed by atoms with Gasteiger partial charge in [0.2, 0.25) is 0 Å². The lowest BCUT2D eigenvalue weighted by molar-refractivity contribution is 0.0698. The molecule has 5 heteroatoms. The molecule has 0 unspecified atom stereocenters. The van der Waals surface area contributed by atoms with Crippen molar-refractivity contribution in [1.82, 2.24) is 0 Å². The number of carboxylic acid groups (broad SMARTS) is 1. The zero-order valence-electron chi connectivity index (χ0n) is 8.45. The van der Waals surface area contributed by atoms with Gasteiger partial charge in [-0.25, -0.2) is 4.79 Å². The fourth-order valence-electron chi connectivity index (χ4n) is 1.28. The number of hydrogen-bond acceptors (Lipinski definition) is 4. The van der Waals surface area contributed by atoms with E-state index in [9.17, 15) is 4.79 Å². The predicted molar refractivity (Wildman–Crippen MR) is 58.1 cm³/mol. The van der Waals surface area contributed by atoms with E-state index in [0.717, 1.165) is 0 Å². The zero-order chi connectivity index (χ0) is 11.4. The molecule has 0 atom stereocenters. The van der Waals surface area contributed by atoms with Crippen LogP contribution in [0.5, 0.6) is 0 Å². The van der Waals surface area contributed by atoms with Gasteiger partial charge in [-0.05, 0) is 24.6 Å². The van der Waals surface area contributed by atoms with Crippen molar-refractivity contribution in [3.05, 3.63) is 23.3 Å². The van der Waals surface area contributed by atoms with Gasteiger partial charge >= 0.3 is 5.97 Å². The van der Waals surface area contributed by atoms with E-state index in [4.69, 9.17) is 15.9 Å². The van der Waals surface area contributed by atoms with Crippen molar-refractivity contribution in [2.24, 2.45) is 0 Å². The molecule has 0 spiro atoms. The first kappa shape index (κ1) is 11.3. The molecular formula is C10H14N2O3. The normalized spacial score (nSPS) is 10.0. The van der Waals surface area contributed by atoms with Crippen LogP contribution in [-0.4, -0.2) is 29.3 Å². The van der Waals surface area contributed by atoms with Gasteiger partial charge in [0.25, 0.3) is 0 Å². The number of carbonyl (C=O) groups is 1. The molecule has 1 aromatic rings. The molecule has 0 fully saturated rings. The molecule has 15 heavy (non-hydrogen) atoms. The van der Waals surface area contributed by atoms with Crippen LogP contribution in [0.4, 0.5) is 11.4 Å². The summed E-state index contributed by atoms with van der Waals surface area (Å²) in [6.07, 6.45) is 0. The molecule has 0 aliphatic heterocycles. The Kier molecular flexibility index (Phi) is 3.51. The zero-order valence-corrected chi connectivity index (χ0v) is 8.45. The second kappa shape index (κ2) is 4.65. The molecule has 5 N–H and O–H groups in total. The van der Waals surface area contributed by atoms with Crippen LogP contribution in [0.2, 0.25) is 0 Å². The molecule has 5 nitrogen and oxygen atoms in total. The first-order valence-corrected chi connectivity index (χ1v) is 4.54. The third-order valence-corrected chi connectivity index (χ3v) is 2.06. The minimum absolute atomic E-state index is 0.00811. The first-order valence-electron chi connectivity index (χ1n) is 4.54. The highest BCUT2D eigenvalue weighted by atomic mass is 16.4. The summed E-state index contributed by atoms with van der Waals surface area (Å²) in [5.74, 6) is -1.05.